The predicted molar refractivity (Wildman–Crippen MR) is 63.4 cm³/mol. The molecule has 1 aromatic carbocycles. The molecule has 0 amide bonds. The van der Waals surface area contributed by atoms with E-state index in [1.807, 2.05) is 45.9 Å². The number of likely N-dealkylation sites (N-methyl/N-ethyl adjacent to an activating group) is 1. The van der Waals surface area contributed by atoms with Gasteiger partial charge in [0.15, 0.2) is 5.78 Å². The first-order chi connectivity index (χ1) is 6.88. The van der Waals surface area contributed by atoms with Crippen molar-refractivity contribution >= 4 is 5.78 Å². The van der Waals surface area contributed by atoms with Gasteiger partial charge in [-0.2, -0.15) is 0 Å². The zero-order valence-corrected chi connectivity index (χ0v) is 10.1. The molecule has 0 aliphatic carbocycles. The van der Waals surface area contributed by atoms with Gasteiger partial charge in [-0.3, -0.25) is 4.79 Å². The number of ketones is 1. The SMILES string of the molecule is CNC(C)(C)C(=O)c1ccc(C)c(C)c1. The summed E-state index contributed by atoms with van der Waals surface area (Å²) >= 11 is 0. The van der Waals surface area contributed by atoms with Gasteiger partial charge in [0.25, 0.3) is 0 Å². The van der Waals surface area contributed by atoms with E-state index in [0.717, 1.165) is 11.1 Å². The van der Waals surface area contributed by atoms with Gasteiger partial charge in [0, 0.05) is 5.56 Å². The smallest absolute Gasteiger partial charge is 0.182 e. The molecule has 0 fully saturated rings. The minimum absolute atomic E-state index is 0.133. The summed E-state index contributed by atoms with van der Waals surface area (Å²) in [6, 6.07) is 5.84. The summed E-state index contributed by atoms with van der Waals surface area (Å²) < 4.78 is 0. The minimum atomic E-state index is -0.498. The quantitative estimate of drug-likeness (QED) is 0.768. The summed E-state index contributed by atoms with van der Waals surface area (Å²) in [5.41, 5.74) is 2.65. The average molecular weight is 205 g/mol. The van der Waals surface area contributed by atoms with E-state index in [1.54, 1.807) is 7.05 Å². The lowest BCUT2D eigenvalue weighted by atomic mass is 9.92. The Morgan fingerprint density at radius 2 is 1.80 bits per heavy atom. The van der Waals surface area contributed by atoms with E-state index in [0.29, 0.717) is 0 Å². The number of carbonyl (C=O) groups is 1. The van der Waals surface area contributed by atoms with Crippen LogP contribution in [0.25, 0.3) is 0 Å². The molecule has 0 aliphatic heterocycles. The molecule has 0 unspecified atom stereocenters. The molecule has 82 valence electrons. The van der Waals surface area contributed by atoms with Crippen LogP contribution in [0.2, 0.25) is 0 Å². The second-order valence-corrected chi connectivity index (χ2v) is 4.50. The van der Waals surface area contributed by atoms with E-state index >= 15 is 0 Å². The van der Waals surface area contributed by atoms with E-state index in [1.165, 1.54) is 5.56 Å². The van der Waals surface area contributed by atoms with Crippen molar-refractivity contribution in [3.8, 4) is 0 Å². The first kappa shape index (κ1) is 11.9. The van der Waals surface area contributed by atoms with Crippen LogP contribution in [0.4, 0.5) is 0 Å². The Morgan fingerprint density at radius 1 is 1.20 bits per heavy atom. The summed E-state index contributed by atoms with van der Waals surface area (Å²) in [6.45, 7) is 7.86. The Kier molecular flexibility index (Phi) is 3.30. The van der Waals surface area contributed by atoms with Gasteiger partial charge in [-0.25, -0.2) is 0 Å². The van der Waals surface area contributed by atoms with Gasteiger partial charge >= 0.3 is 0 Å². The van der Waals surface area contributed by atoms with E-state index in [4.69, 9.17) is 0 Å². The average Bonchev–Trinajstić information content (AvgIpc) is 2.21. The molecule has 0 aromatic heterocycles. The van der Waals surface area contributed by atoms with Gasteiger partial charge in [-0.15, -0.1) is 0 Å². The molecule has 15 heavy (non-hydrogen) atoms. The van der Waals surface area contributed by atoms with Gasteiger partial charge in [-0.1, -0.05) is 12.1 Å². The molecule has 0 radical (unpaired) electrons. The molecular weight excluding hydrogens is 186 g/mol. The van der Waals surface area contributed by atoms with Crippen LogP contribution in [0.15, 0.2) is 18.2 Å². The highest BCUT2D eigenvalue weighted by Gasteiger charge is 2.26. The van der Waals surface area contributed by atoms with Crippen LogP contribution in [0.1, 0.15) is 35.3 Å². The number of Topliss-reactive ketones (excluding diaryl/α,β-unsaturated/α-hetero) is 1. The second-order valence-electron chi connectivity index (χ2n) is 4.50. The Morgan fingerprint density at radius 3 is 2.27 bits per heavy atom. The molecule has 2 nitrogen and oxygen atoms in total. The topological polar surface area (TPSA) is 29.1 Å². The number of hydrogen-bond acceptors (Lipinski definition) is 2. The number of carbonyl (C=O) groups excluding carboxylic acids is 1. The third-order valence-corrected chi connectivity index (χ3v) is 2.96. The Hall–Kier alpha value is -1.15. The van der Waals surface area contributed by atoms with Crippen molar-refractivity contribution in [3.63, 3.8) is 0 Å². The largest absolute Gasteiger partial charge is 0.308 e. The summed E-state index contributed by atoms with van der Waals surface area (Å²) in [5.74, 6) is 0.133. The first-order valence-corrected chi connectivity index (χ1v) is 5.19. The van der Waals surface area contributed by atoms with Crippen molar-refractivity contribution in [2.24, 2.45) is 0 Å². The Balaban J connectivity index is 3.08. The monoisotopic (exact) mass is 205 g/mol. The lowest BCUT2D eigenvalue weighted by Gasteiger charge is -2.22. The van der Waals surface area contributed by atoms with Crippen LogP contribution in [-0.2, 0) is 0 Å². The van der Waals surface area contributed by atoms with Crippen LogP contribution < -0.4 is 5.32 Å². The first-order valence-electron chi connectivity index (χ1n) is 5.19. The molecule has 0 atom stereocenters. The molecule has 0 spiro atoms. The molecule has 0 aliphatic rings. The molecule has 0 saturated carbocycles. The van der Waals surface area contributed by atoms with Crippen molar-refractivity contribution in [2.45, 2.75) is 33.2 Å². The standard InChI is InChI=1S/C13H19NO/c1-9-6-7-11(8-10(9)2)12(15)13(3,4)14-5/h6-8,14H,1-5H3. The third kappa shape index (κ3) is 2.45. The maximum atomic E-state index is 12.1. The number of rotatable bonds is 3. The van der Waals surface area contributed by atoms with E-state index < -0.39 is 5.54 Å². The van der Waals surface area contributed by atoms with Crippen molar-refractivity contribution in [1.29, 1.82) is 0 Å². The molecule has 1 rings (SSSR count). The fraction of sp³-hybridized carbons (Fsp3) is 0.462. The maximum absolute atomic E-state index is 12.1. The van der Waals surface area contributed by atoms with Crippen LogP contribution >= 0.6 is 0 Å². The number of aryl methyl sites for hydroxylation is 2. The number of hydrogen-bond donors (Lipinski definition) is 1. The fourth-order valence-electron chi connectivity index (χ4n) is 1.36. The molecule has 0 bridgehead atoms. The second kappa shape index (κ2) is 4.15. The summed E-state index contributed by atoms with van der Waals surface area (Å²) in [7, 11) is 1.80. The Labute approximate surface area is 91.7 Å². The molecule has 0 heterocycles. The van der Waals surface area contributed by atoms with Gasteiger partial charge < -0.3 is 5.32 Å². The maximum Gasteiger partial charge on any atom is 0.182 e. The van der Waals surface area contributed by atoms with Crippen molar-refractivity contribution in [2.75, 3.05) is 7.05 Å². The van der Waals surface area contributed by atoms with Crippen LogP contribution in [0.5, 0.6) is 0 Å². The summed E-state index contributed by atoms with van der Waals surface area (Å²) in [5, 5.41) is 3.02. The normalized spacial score (nSPS) is 11.5. The molecule has 2 heteroatoms. The predicted octanol–water partition coefficient (Wildman–Crippen LogP) is 2.48. The van der Waals surface area contributed by atoms with Gasteiger partial charge in [-0.05, 0) is 51.9 Å². The van der Waals surface area contributed by atoms with Crippen LogP contribution in [0.3, 0.4) is 0 Å². The van der Waals surface area contributed by atoms with Crippen LogP contribution in [0, 0.1) is 13.8 Å². The molecular formula is C13H19NO. The van der Waals surface area contributed by atoms with Gasteiger partial charge in [0.1, 0.15) is 0 Å². The van der Waals surface area contributed by atoms with Crippen molar-refractivity contribution < 1.29 is 4.79 Å². The highest BCUT2D eigenvalue weighted by molar-refractivity contribution is 6.02. The van der Waals surface area contributed by atoms with E-state index in [9.17, 15) is 4.79 Å². The van der Waals surface area contributed by atoms with E-state index in [2.05, 4.69) is 5.32 Å². The van der Waals surface area contributed by atoms with Crippen LogP contribution in [-0.4, -0.2) is 18.4 Å². The zero-order valence-electron chi connectivity index (χ0n) is 10.1. The minimum Gasteiger partial charge on any atom is -0.308 e. The molecule has 0 saturated heterocycles. The van der Waals surface area contributed by atoms with Crippen molar-refractivity contribution in [3.05, 3.63) is 34.9 Å². The fourth-order valence-corrected chi connectivity index (χ4v) is 1.36. The van der Waals surface area contributed by atoms with Crippen molar-refractivity contribution in [1.82, 2.24) is 5.32 Å². The number of nitrogens with one attached hydrogen (secondary N) is 1. The molecule has 1 aromatic rings. The zero-order chi connectivity index (χ0) is 11.6. The number of benzene rings is 1. The third-order valence-electron chi connectivity index (χ3n) is 2.96. The summed E-state index contributed by atoms with van der Waals surface area (Å²) in [6.07, 6.45) is 0. The summed E-state index contributed by atoms with van der Waals surface area (Å²) in [4.78, 5) is 12.1. The van der Waals surface area contributed by atoms with E-state index in [-0.39, 0.29) is 5.78 Å². The van der Waals surface area contributed by atoms with Gasteiger partial charge in [0.2, 0.25) is 0 Å². The molecule has 1 N–H and O–H groups in total. The lowest BCUT2D eigenvalue weighted by molar-refractivity contribution is 0.0889. The Bertz CT molecular complexity index is 380. The highest BCUT2D eigenvalue weighted by Crippen LogP contribution is 2.16. The highest BCUT2D eigenvalue weighted by atomic mass is 16.1. The lowest BCUT2D eigenvalue weighted by Crippen LogP contribution is -2.44. The van der Waals surface area contributed by atoms with Gasteiger partial charge in [0.05, 0.1) is 5.54 Å².